The van der Waals surface area contributed by atoms with E-state index in [0.29, 0.717) is 10.2 Å². The van der Waals surface area contributed by atoms with Gasteiger partial charge in [-0.2, -0.15) is 0 Å². The molecule has 0 N–H and O–H groups in total. The molecule has 0 aromatic heterocycles. The Balaban J connectivity index is 2.05. The van der Waals surface area contributed by atoms with Crippen LogP contribution in [0.1, 0.15) is 21.5 Å². The van der Waals surface area contributed by atoms with Crippen molar-refractivity contribution in [3.8, 4) is 10.6 Å². The average Bonchev–Trinajstić information content (AvgIpc) is 2.67. The van der Waals surface area contributed by atoms with Crippen LogP contribution in [0.2, 0.25) is 0 Å². The summed E-state index contributed by atoms with van der Waals surface area (Å²) in [5.74, 6) is -1.17. The zero-order chi connectivity index (χ0) is 20.0. The van der Waals surface area contributed by atoms with Crippen molar-refractivity contribution < 1.29 is 14.6 Å². The maximum atomic E-state index is 12.0. The van der Waals surface area contributed by atoms with E-state index in [1.54, 1.807) is 0 Å². The number of carboxylic acid groups (broad SMARTS) is 1. The summed E-state index contributed by atoms with van der Waals surface area (Å²) in [5, 5.41) is 12.6. The third-order valence-corrected chi connectivity index (χ3v) is 6.31. The Morgan fingerprint density at radius 1 is 1.18 bits per heavy atom. The van der Waals surface area contributed by atoms with Crippen molar-refractivity contribution in [3.63, 3.8) is 0 Å². The van der Waals surface area contributed by atoms with Crippen LogP contribution >= 0.6 is 11.3 Å². The summed E-state index contributed by atoms with van der Waals surface area (Å²) in [6.45, 7) is 7.17. The second kappa shape index (κ2) is 7.14. The Morgan fingerprint density at radius 2 is 1.89 bits per heavy atom. The van der Waals surface area contributed by atoms with E-state index in [4.69, 9.17) is 9.72 Å². The van der Waals surface area contributed by atoms with Crippen LogP contribution in [-0.4, -0.2) is 51.4 Å². The molecule has 2 aliphatic heterocycles. The zero-order valence-electron chi connectivity index (χ0n) is 16.5. The Labute approximate surface area is 167 Å². The number of carbonyl (C=O) groups is 1. The molecule has 0 bridgehead atoms. The number of anilines is 1. The number of aromatic carboxylic acids is 1. The van der Waals surface area contributed by atoms with Gasteiger partial charge in [-0.15, -0.1) is 11.3 Å². The van der Waals surface area contributed by atoms with E-state index < -0.39 is 5.97 Å². The lowest BCUT2D eigenvalue weighted by Gasteiger charge is -2.29. The van der Waals surface area contributed by atoms with Crippen LogP contribution in [0, 0.1) is 13.8 Å². The number of aryl methyl sites for hydroxylation is 2. The molecule has 4 rings (SSSR count). The first-order valence-corrected chi connectivity index (χ1v) is 10.1. The van der Waals surface area contributed by atoms with Crippen molar-refractivity contribution in [2.24, 2.45) is 0 Å². The van der Waals surface area contributed by atoms with Crippen LogP contribution in [0.4, 0.5) is 5.69 Å². The number of nitrogens with zero attached hydrogens (tertiary/aromatic N) is 3. The number of rotatable bonds is 2. The van der Waals surface area contributed by atoms with Gasteiger partial charge in [0, 0.05) is 24.8 Å². The smallest absolute Gasteiger partial charge is 0.210 e. The van der Waals surface area contributed by atoms with Gasteiger partial charge in [0.15, 0.2) is 0 Å². The van der Waals surface area contributed by atoms with E-state index in [9.17, 15) is 9.90 Å². The second-order valence-electron chi connectivity index (χ2n) is 7.37. The van der Waals surface area contributed by atoms with E-state index in [0.717, 1.165) is 59.0 Å². The number of carbonyl (C=O) groups excluding carboxylic acids is 1. The highest BCUT2D eigenvalue weighted by atomic mass is 32.1. The van der Waals surface area contributed by atoms with Gasteiger partial charge in [0.25, 0.3) is 0 Å². The number of aromatic nitrogens is 1. The fourth-order valence-electron chi connectivity index (χ4n) is 3.72. The Hall–Kier alpha value is -2.51. The molecule has 0 radical (unpaired) electrons. The number of morpholine rings is 1. The van der Waals surface area contributed by atoms with Gasteiger partial charge in [0.05, 0.1) is 45.5 Å². The first-order chi connectivity index (χ1) is 13.4. The molecule has 3 aliphatic rings. The predicted octanol–water partition coefficient (Wildman–Crippen LogP) is 1.25. The minimum absolute atomic E-state index is 0.208. The van der Waals surface area contributed by atoms with Crippen LogP contribution in [0.5, 0.6) is 0 Å². The van der Waals surface area contributed by atoms with Crippen molar-refractivity contribution in [2.75, 3.05) is 45.3 Å². The molecule has 1 fully saturated rings. The summed E-state index contributed by atoms with van der Waals surface area (Å²) in [6, 6.07) is 6.14. The standard InChI is InChI=1S/C21H23N3O3S/c1-12-9-14(24-5-7-27-8-6-24)11-16-18(12)22-19-13(2)10-15(23(3)4)17(21(25)26)20(19)28-16/h9-11H,5-8H2,1-4H3. The largest absolute Gasteiger partial charge is 0.544 e. The summed E-state index contributed by atoms with van der Waals surface area (Å²) >= 11 is 1.48. The van der Waals surface area contributed by atoms with Crippen molar-refractivity contribution in [3.05, 3.63) is 40.2 Å². The van der Waals surface area contributed by atoms with Gasteiger partial charge in [-0.05, 0) is 37.1 Å². The van der Waals surface area contributed by atoms with Crippen LogP contribution in [-0.2, 0) is 4.74 Å². The molecule has 2 heterocycles. The highest BCUT2D eigenvalue weighted by molar-refractivity contribution is 7.21. The fourth-order valence-corrected chi connectivity index (χ4v) is 5.02. The summed E-state index contributed by atoms with van der Waals surface area (Å²) in [6.07, 6.45) is 0. The number of ether oxygens (including phenoxy) is 1. The van der Waals surface area contributed by atoms with Gasteiger partial charge in [0.2, 0.25) is 5.36 Å². The highest BCUT2D eigenvalue weighted by Gasteiger charge is 2.22. The Morgan fingerprint density at radius 3 is 2.54 bits per heavy atom. The fraction of sp³-hybridized carbons (Fsp3) is 0.381. The molecule has 0 atom stereocenters. The Bertz CT molecular complexity index is 1130. The van der Waals surface area contributed by atoms with Gasteiger partial charge < -0.3 is 19.5 Å². The van der Waals surface area contributed by atoms with E-state index in [1.165, 1.54) is 11.3 Å². The monoisotopic (exact) mass is 397 g/mol. The van der Waals surface area contributed by atoms with E-state index in [1.807, 2.05) is 31.7 Å². The van der Waals surface area contributed by atoms with Gasteiger partial charge in [-0.3, -0.25) is 0 Å². The molecule has 1 aliphatic carbocycles. The topological polar surface area (TPSA) is 68.5 Å². The van der Waals surface area contributed by atoms with Crippen LogP contribution in [0.25, 0.3) is 20.8 Å². The van der Waals surface area contributed by atoms with Crippen molar-refractivity contribution in [1.29, 1.82) is 0 Å². The first-order valence-electron chi connectivity index (χ1n) is 9.30. The summed E-state index contributed by atoms with van der Waals surface area (Å²) in [4.78, 5) is 19.8. The molecule has 0 saturated carbocycles. The number of hydrogen-bond donors (Lipinski definition) is 0. The van der Waals surface area contributed by atoms with Gasteiger partial charge in [-0.1, -0.05) is 0 Å². The maximum Gasteiger partial charge on any atom is 0.210 e. The molecule has 28 heavy (non-hydrogen) atoms. The van der Waals surface area contributed by atoms with Crippen molar-refractivity contribution >= 4 is 33.2 Å². The van der Waals surface area contributed by atoms with Crippen LogP contribution < -0.4 is 19.9 Å². The SMILES string of the molecule is Cc1cc(=[N+](C)C)c(C(=O)[O-])c2sc3cc(N4CCOCC4)cc(C)c3nc1-2. The zero-order valence-corrected chi connectivity index (χ0v) is 17.4. The summed E-state index contributed by atoms with van der Waals surface area (Å²) in [7, 11) is 3.68. The van der Waals surface area contributed by atoms with Gasteiger partial charge in [0.1, 0.15) is 14.1 Å². The summed E-state index contributed by atoms with van der Waals surface area (Å²) in [5.41, 5.74) is 5.02. The molecule has 0 amide bonds. The molecule has 1 saturated heterocycles. The minimum atomic E-state index is -1.17. The molecule has 0 unspecified atom stereocenters. The number of hydrogen-bond acceptors (Lipinski definition) is 6. The lowest BCUT2D eigenvalue weighted by molar-refractivity contribution is -0.255. The molecule has 6 nitrogen and oxygen atoms in total. The van der Waals surface area contributed by atoms with E-state index >= 15 is 0 Å². The molecule has 1 aromatic rings. The molecule has 146 valence electrons. The van der Waals surface area contributed by atoms with Gasteiger partial charge >= 0.3 is 0 Å². The van der Waals surface area contributed by atoms with Crippen molar-refractivity contribution in [1.82, 2.24) is 9.56 Å². The normalized spacial score (nSPS) is 14.6. The molecular weight excluding hydrogens is 374 g/mol. The number of fused-ring (bicyclic) bond motifs is 2. The molecule has 1 aromatic carbocycles. The maximum absolute atomic E-state index is 12.0. The molecule has 7 heteroatoms. The van der Waals surface area contributed by atoms with Gasteiger partial charge in [-0.25, -0.2) is 9.56 Å². The Kier molecular flexibility index (Phi) is 4.81. The van der Waals surface area contributed by atoms with E-state index in [2.05, 4.69) is 24.0 Å². The first kappa shape index (κ1) is 18.8. The number of carboxylic acids is 1. The van der Waals surface area contributed by atoms with E-state index in [-0.39, 0.29) is 5.56 Å². The number of benzene rings is 2. The quantitative estimate of drug-likeness (QED) is 0.481. The van der Waals surface area contributed by atoms with Crippen molar-refractivity contribution in [2.45, 2.75) is 13.8 Å². The third-order valence-electron chi connectivity index (χ3n) is 5.17. The second-order valence-corrected chi connectivity index (χ2v) is 8.42. The highest BCUT2D eigenvalue weighted by Crippen LogP contribution is 2.37. The lowest BCUT2D eigenvalue weighted by atomic mass is 10.0. The van der Waals surface area contributed by atoms with Crippen LogP contribution in [0.15, 0.2) is 18.2 Å². The summed E-state index contributed by atoms with van der Waals surface area (Å²) < 4.78 is 8.25. The molecular formula is C21H23N3O3S. The minimum Gasteiger partial charge on any atom is -0.544 e. The predicted molar refractivity (Wildman–Crippen MR) is 110 cm³/mol. The molecule has 0 spiro atoms. The lowest BCUT2D eigenvalue weighted by Crippen LogP contribution is -2.36. The van der Waals surface area contributed by atoms with Crippen LogP contribution in [0.3, 0.4) is 0 Å². The average molecular weight is 398 g/mol. The third kappa shape index (κ3) is 3.14.